The van der Waals surface area contributed by atoms with Gasteiger partial charge in [-0.15, -0.1) is 0 Å². The van der Waals surface area contributed by atoms with Crippen LogP contribution in [0.2, 0.25) is 0 Å². The van der Waals surface area contributed by atoms with Crippen LogP contribution in [0.5, 0.6) is 0 Å². The van der Waals surface area contributed by atoms with E-state index in [1.807, 2.05) is 12.1 Å². The van der Waals surface area contributed by atoms with Crippen LogP contribution in [0.1, 0.15) is 56.2 Å². The van der Waals surface area contributed by atoms with Crippen LogP contribution in [0.3, 0.4) is 0 Å². The van der Waals surface area contributed by atoms with E-state index in [1.54, 1.807) is 0 Å². The fraction of sp³-hybridized carbons (Fsp3) is 0.429. The first-order chi connectivity index (χ1) is 15.1. The van der Waals surface area contributed by atoms with Crippen LogP contribution in [0.4, 0.5) is 0 Å². The lowest BCUT2D eigenvalue weighted by Gasteiger charge is -2.40. The van der Waals surface area contributed by atoms with E-state index in [4.69, 9.17) is 0 Å². The molecule has 2 aliphatic rings. The summed E-state index contributed by atoms with van der Waals surface area (Å²) in [4.78, 5) is 2.65. The monoisotopic (exact) mass is 491 g/mol. The summed E-state index contributed by atoms with van der Waals surface area (Å²) in [6.07, 6.45) is 11.0. The minimum absolute atomic E-state index is 0. The molecule has 0 N–H and O–H groups in total. The van der Waals surface area contributed by atoms with Gasteiger partial charge in [-0.1, -0.05) is 55.3 Å². The second-order valence-electron chi connectivity index (χ2n) is 9.47. The molecule has 4 rings (SSSR count). The molecule has 1 saturated heterocycles. The molecule has 1 atom stereocenters. The summed E-state index contributed by atoms with van der Waals surface area (Å²) in [6.45, 7) is 8.04. The van der Waals surface area contributed by atoms with Crippen molar-refractivity contribution in [3.8, 4) is 6.07 Å². The summed E-state index contributed by atoms with van der Waals surface area (Å²) < 4.78 is 2.51. The SMILES string of the molecule is CC1(C)C(Cc2ccc(C#N)cc2)C(N2CCCCCC2)=CC=[N+]1Cc1ccccc1.[Br-]. The molecule has 0 aliphatic carbocycles. The van der Waals surface area contributed by atoms with Gasteiger partial charge in [0.1, 0.15) is 0 Å². The van der Waals surface area contributed by atoms with Gasteiger partial charge in [-0.2, -0.15) is 5.26 Å². The van der Waals surface area contributed by atoms with E-state index in [0.29, 0.717) is 5.92 Å². The predicted octanol–water partition coefficient (Wildman–Crippen LogP) is 2.56. The Morgan fingerprint density at radius 3 is 2.22 bits per heavy atom. The molecule has 2 aromatic rings. The molecule has 2 heterocycles. The van der Waals surface area contributed by atoms with Gasteiger partial charge >= 0.3 is 0 Å². The molecule has 0 bridgehead atoms. The standard InChI is InChI=1S/C28H34N3.BrH/c1-28(2)26(20-23-12-14-24(21-29)15-13-23)27(30-17-8-3-4-9-18-30)16-19-31(28)22-25-10-6-5-7-11-25;/h5-7,10-16,19,26H,3-4,8-9,17-18,20,22H2,1-2H3;1H/q+1;/p-1. The van der Waals surface area contributed by atoms with Gasteiger partial charge in [-0.25, -0.2) is 4.58 Å². The number of likely N-dealkylation sites (tertiary alicyclic amines) is 1. The number of benzene rings is 2. The number of rotatable bonds is 5. The Balaban J connectivity index is 0.00000289. The summed E-state index contributed by atoms with van der Waals surface area (Å²) in [5.74, 6) is 0.396. The third-order valence-corrected chi connectivity index (χ3v) is 7.07. The Morgan fingerprint density at radius 2 is 1.59 bits per heavy atom. The first-order valence-corrected chi connectivity index (χ1v) is 11.7. The molecular weight excluding hydrogens is 458 g/mol. The maximum Gasteiger partial charge on any atom is 0.168 e. The van der Waals surface area contributed by atoms with Crippen LogP contribution in [-0.2, 0) is 13.0 Å². The number of nitrogens with zero attached hydrogens (tertiary/aromatic N) is 3. The average Bonchev–Trinajstić information content (AvgIpc) is 3.07. The molecule has 0 radical (unpaired) electrons. The van der Waals surface area contributed by atoms with Crippen LogP contribution >= 0.6 is 0 Å². The summed E-state index contributed by atoms with van der Waals surface area (Å²) in [5.41, 5.74) is 4.85. The zero-order valence-electron chi connectivity index (χ0n) is 19.3. The van der Waals surface area contributed by atoms with Crippen LogP contribution in [0.25, 0.3) is 0 Å². The van der Waals surface area contributed by atoms with Crippen LogP contribution in [-0.4, -0.2) is 34.3 Å². The highest BCUT2D eigenvalue weighted by Crippen LogP contribution is 2.36. The van der Waals surface area contributed by atoms with E-state index in [-0.39, 0.29) is 22.5 Å². The van der Waals surface area contributed by atoms with Gasteiger partial charge < -0.3 is 21.9 Å². The molecule has 0 aromatic heterocycles. The highest BCUT2D eigenvalue weighted by atomic mass is 79.9. The fourth-order valence-corrected chi connectivity index (χ4v) is 5.03. The lowest BCUT2D eigenvalue weighted by Crippen LogP contribution is -3.00. The molecule has 1 unspecified atom stereocenters. The lowest BCUT2D eigenvalue weighted by atomic mass is 9.77. The Morgan fingerprint density at radius 1 is 0.938 bits per heavy atom. The van der Waals surface area contributed by atoms with E-state index >= 15 is 0 Å². The van der Waals surface area contributed by atoms with Gasteiger partial charge in [0.15, 0.2) is 18.3 Å². The third-order valence-electron chi connectivity index (χ3n) is 7.07. The van der Waals surface area contributed by atoms with Gasteiger partial charge in [-0.3, -0.25) is 0 Å². The Kier molecular flexibility index (Phi) is 8.32. The van der Waals surface area contributed by atoms with Crippen molar-refractivity contribution >= 4 is 6.21 Å². The van der Waals surface area contributed by atoms with Gasteiger partial charge in [0.2, 0.25) is 0 Å². The normalized spacial score (nSPS) is 20.3. The van der Waals surface area contributed by atoms with E-state index in [2.05, 4.69) is 84.1 Å². The Hall–Kier alpha value is -2.38. The molecule has 0 amide bonds. The van der Waals surface area contributed by atoms with Gasteiger partial charge in [0.05, 0.1) is 17.6 Å². The highest BCUT2D eigenvalue weighted by molar-refractivity contribution is 5.69. The van der Waals surface area contributed by atoms with Crippen molar-refractivity contribution in [3.63, 3.8) is 0 Å². The number of nitriles is 1. The molecule has 1 fully saturated rings. The third kappa shape index (κ3) is 5.51. The minimum Gasteiger partial charge on any atom is -1.00 e. The maximum absolute atomic E-state index is 9.17. The van der Waals surface area contributed by atoms with Gasteiger partial charge in [0, 0.05) is 44.3 Å². The quantitative estimate of drug-likeness (QED) is 0.601. The molecule has 168 valence electrons. The largest absolute Gasteiger partial charge is 1.00 e. The van der Waals surface area contributed by atoms with Crippen molar-refractivity contribution in [1.29, 1.82) is 5.26 Å². The Labute approximate surface area is 203 Å². The summed E-state index contributed by atoms with van der Waals surface area (Å²) in [5, 5.41) is 9.17. The van der Waals surface area contributed by atoms with E-state index in [1.165, 1.54) is 42.5 Å². The summed E-state index contributed by atoms with van der Waals surface area (Å²) in [7, 11) is 0. The van der Waals surface area contributed by atoms with Crippen molar-refractivity contribution < 1.29 is 21.6 Å². The molecular formula is C28H34BrN3. The molecule has 0 saturated carbocycles. The Bertz CT molecular complexity index is 976. The van der Waals surface area contributed by atoms with Crippen molar-refractivity contribution in [2.24, 2.45) is 5.92 Å². The van der Waals surface area contributed by atoms with Crippen molar-refractivity contribution in [2.75, 3.05) is 13.1 Å². The first kappa shape index (κ1) is 24.3. The zero-order chi connectivity index (χ0) is 21.7. The number of halogens is 1. The van der Waals surface area contributed by atoms with E-state index < -0.39 is 0 Å². The highest BCUT2D eigenvalue weighted by Gasteiger charge is 2.45. The number of hydrogen-bond donors (Lipinski definition) is 0. The first-order valence-electron chi connectivity index (χ1n) is 11.7. The summed E-state index contributed by atoms with van der Waals surface area (Å²) in [6, 6.07) is 21.2. The smallest absolute Gasteiger partial charge is 0.168 e. The number of allylic oxidation sites excluding steroid dienone is 1. The lowest BCUT2D eigenvalue weighted by molar-refractivity contribution is -0.621. The molecule has 0 spiro atoms. The minimum atomic E-state index is -0.0138. The van der Waals surface area contributed by atoms with Crippen LogP contribution in [0.15, 0.2) is 66.4 Å². The molecule has 3 nitrogen and oxygen atoms in total. The topological polar surface area (TPSA) is 30.0 Å². The second kappa shape index (κ2) is 11.0. The van der Waals surface area contributed by atoms with Gasteiger partial charge in [0.25, 0.3) is 0 Å². The molecule has 2 aliphatic heterocycles. The fourth-order valence-electron chi connectivity index (χ4n) is 5.03. The van der Waals surface area contributed by atoms with Crippen molar-refractivity contribution in [1.82, 2.24) is 4.90 Å². The van der Waals surface area contributed by atoms with E-state index in [0.717, 1.165) is 31.6 Å². The maximum atomic E-state index is 9.17. The predicted molar refractivity (Wildman–Crippen MR) is 127 cm³/mol. The van der Waals surface area contributed by atoms with Crippen LogP contribution in [0, 0.1) is 17.2 Å². The molecule has 4 heteroatoms. The molecule has 32 heavy (non-hydrogen) atoms. The van der Waals surface area contributed by atoms with E-state index in [9.17, 15) is 5.26 Å². The zero-order valence-corrected chi connectivity index (χ0v) is 20.9. The van der Waals surface area contributed by atoms with Gasteiger partial charge in [-0.05, 0) is 37.0 Å². The molecule has 2 aromatic carbocycles. The van der Waals surface area contributed by atoms with Crippen LogP contribution < -0.4 is 17.0 Å². The number of hydrogen-bond acceptors (Lipinski definition) is 2. The second-order valence-corrected chi connectivity index (χ2v) is 9.47. The average molecular weight is 493 g/mol. The van der Waals surface area contributed by atoms with Crippen molar-refractivity contribution in [2.45, 2.75) is 58.0 Å². The van der Waals surface area contributed by atoms with Crippen molar-refractivity contribution in [3.05, 3.63) is 83.1 Å². The summed E-state index contributed by atoms with van der Waals surface area (Å²) >= 11 is 0.